The van der Waals surface area contributed by atoms with Crippen LogP contribution in [0.25, 0.3) is 0 Å². The Bertz CT molecular complexity index is 470. The van der Waals surface area contributed by atoms with Crippen LogP contribution in [-0.2, 0) is 6.61 Å². The van der Waals surface area contributed by atoms with E-state index in [9.17, 15) is 0 Å². The van der Waals surface area contributed by atoms with Crippen LogP contribution in [0.4, 0.5) is 5.00 Å². The molecule has 0 spiro atoms. The van der Waals surface area contributed by atoms with Crippen molar-refractivity contribution in [3.05, 3.63) is 30.0 Å². The van der Waals surface area contributed by atoms with Crippen molar-refractivity contribution in [3.63, 3.8) is 0 Å². The fraction of sp³-hybridized carbons (Fsp3) is 0.273. The SMILES string of the molecule is CCOc1ccc(OCc2nnsc2N)cc1. The zero-order valence-corrected chi connectivity index (χ0v) is 10.2. The van der Waals surface area contributed by atoms with Gasteiger partial charge in [-0.3, -0.25) is 0 Å². The Morgan fingerprint density at radius 2 is 1.82 bits per heavy atom. The molecule has 17 heavy (non-hydrogen) atoms. The Morgan fingerprint density at radius 3 is 2.35 bits per heavy atom. The lowest BCUT2D eigenvalue weighted by molar-refractivity contribution is 0.300. The molecule has 0 bridgehead atoms. The van der Waals surface area contributed by atoms with Crippen molar-refractivity contribution in [2.45, 2.75) is 13.5 Å². The highest BCUT2D eigenvalue weighted by molar-refractivity contribution is 7.09. The first-order valence-electron chi connectivity index (χ1n) is 5.22. The van der Waals surface area contributed by atoms with Crippen LogP contribution >= 0.6 is 11.5 Å². The van der Waals surface area contributed by atoms with E-state index in [0.717, 1.165) is 11.5 Å². The van der Waals surface area contributed by atoms with Crippen molar-refractivity contribution in [2.24, 2.45) is 0 Å². The van der Waals surface area contributed by atoms with Gasteiger partial charge >= 0.3 is 0 Å². The van der Waals surface area contributed by atoms with E-state index in [-0.39, 0.29) is 0 Å². The third-order valence-electron chi connectivity index (χ3n) is 2.10. The van der Waals surface area contributed by atoms with E-state index in [1.54, 1.807) is 0 Å². The lowest BCUT2D eigenvalue weighted by atomic mass is 10.3. The number of benzene rings is 1. The first-order valence-corrected chi connectivity index (χ1v) is 5.99. The van der Waals surface area contributed by atoms with Gasteiger partial charge in [0.05, 0.1) is 6.61 Å². The van der Waals surface area contributed by atoms with Crippen LogP contribution in [0.5, 0.6) is 11.5 Å². The van der Waals surface area contributed by atoms with Gasteiger partial charge in [0, 0.05) is 11.5 Å². The van der Waals surface area contributed by atoms with Gasteiger partial charge in [0.15, 0.2) is 0 Å². The van der Waals surface area contributed by atoms with Crippen molar-refractivity contribution in [1.29, 1.82) is 0 Å². The number of nitrogens with two attached hydrogens (primary N) is 1. The van der Waals surface area contributed by atoms with Crippen molar-refractivity contribution in [2.75, 3.05) is 12.3 Å². The van der Waals surface area contributed by atoms with Gasteiger partial charge in [0.1, 0.15) is 28.8 Å². The van der Waals surface area contributed by atoms with Crippen LogP contribution in [0.15, 0.2) is 24.3 Å². The highest BCUT2D eigenvalue weighted by Crippen LogP contribution is 2.20. The van der Waals surface area contributed by atoms with E-state index in [2.05, 4.69) is 9.59 Å². The Labute approximate surface area is 103 Å². The molecule has 0 amide bonds. The highest BCUT2D eigenvalue weighted by atomic mass is 32.1. The molecule has 5 nitrogen and oxygen atoms in total. The number of anilines is 1. The predicted octanol–water partition coefficient (Wildman–Crippen LogP) is 2.10. The molecule has 1 heterocycles. The van der Waals surface area contributed by atoms with Gasteiger partial charge in [-0.15, -0.1) is 5.10 Å². The Kier molecular flexibility index (Phi) is 3.77. The lowest BCUT2D eigenvalue weighted by Crippen LogP contribution is -1.99. The van der Waals surface area contributed by atoms with Crippen LogP contribution in [0.3, 0.4) is 0 Å². The summed E-state index contributed by atoms with van der Waals surface area (Å²) < 4.78 is 14.6. The first kappa shape index (κ1) is 11.7. The summed E-state index contributed by atoms with van der Waals surface area (Å²) in [5.74, 6) is 1.58. The van der Waals surface area contributed by atoms with Gasteiger partial charge < -0.3 is 15.2 Å². The van der Waals surface area contributed by atoms with Crippen LogP contribution in [0, 0.1) is 0 Å². The number of nitrogen functional groups attached to an aromatic ring is 1. The topological polar surface area (TPSA) is 70.3 Å². The van der Waals surface area contributed by atoms with Gasteiger partial charge in [-0.05, 0) is 31.2 Å². The lowest BCUT2D eigenvalue weighted by Gasteiger charge is -2.06. The van der Waals surface area contributed by atoms with Crippen molar-refractivity contribution >= 4 is 16.5 Å². The van der Waals surface area contributed by atoms with E-state index < -0.39 is 0 Å². The third-order valence-corrected chi connectivity index (χ3v) is 2.69. The average molecular weight is 251 g/mol. The average Bonchev–Trinajstić information content (AvgIpc) is 2.75. The number of rotatable bonds is 5. The van der Waals surface area contributed by atoms with E-state index >= 15 is 0 Å². The second-order valence-corrected chi connectivity index (χ2v) is 4.06. The molecule has 0 fully saturated rings. The number of hydrogen-bond acceptors (Lipinski definition) is 6. The van der Waals surface area contributed by atoms with Crippen molar-refractivity contribution in [1.82, 2.24) is 9.59 Å². The fourth-order valence-electron chi connectivity index (χ4n) is 1.27. The molecular formula is C11H13N3O2S. The zero-order valence-electron chi connectivity index (χ0n) is 9.42. The minimum atomic E-state index is 0.330. The Hall–Kier alpha value is -1.82. The van der Waals surface area contributed by atoms with Gasteiger partial charge in [-0.2, -0.15) is 0 Å². The van der Waals surface area contributed by atoms with E-state index in [0.29, 0.717) is 23.9 Å². The quantitative estimate of drug-likeness (QED) is 0.881. The molecular weight excluding hydrogens is 238 g/mol. The van der Waals surface area contributed by atoms with Crippen molar-refractivity contribution in [3.8, 4) is 11.5 Å². The number of nitrogens with zero attached hydrogens (tertiary/aromatic N) is 2. The zero-order chi connectivity index (χ0) is 12.1. The van der Waals surface area contributed by atoms with E-state index in [1.807, 2.05) is 31.2 Å². The van der Waals surface area contributed by atoms with E-state index in [4.69, 9.17) is 15.2 Å². The number of hydrogen-bond donors (Lipinski definition) is 1. The number of aromatic nitrogens is 2. The molecule has 1 aromatic heterocycles. The molecule has 2 aromatic rings. The Morgan fingerprint density at radius 1 is 1.18 bits per heavy atom. The van der Waals surface area contributed by atoms with Gasteiger partial charge in [0.2, 0.25) is 0 Å². The third kappa shape index (κ3) is 3.07. The summed E-state index contributed by atoms with van der Waals surface area (Å²) >= 11 is 1.17. The standard InChI is InChI=1S/C11H13N3O2S/c1-2-15-8-3-5-9(6-4-8)16-7-10-11(12)17-14-13-10/h3-6H,2,7,12H2,1H3. The maximum Gasteiger partial charge on any atom is 0.136 e. The fourth-order valence-corrected chi connectivity index (χ4v) is 1.70. The second kappa shape index (κ2) is 5.49. The molecule has 0 saturated carbocycles. The minimum Gasteiger partial charge on any atom is -0.494 e. The van der Waals surface area contributed by atoms with Gasteiger partial charge in [-0.25, -0.2) is 0 Å². The van der Waals surface area contributed by atoms with Gasteiger partial charge in [0.25, 0.3) is 0 Å². The Balaban J connectivity index is 1.93. The second-order valence-electron chi connectivity index (χ2n) is 3.28. The number of ether oxygens (including phenoxy) is 2. The molecule has 0 radical (unpaired) electrons. The molecule has 90 valence electrons. The monoisotopic (exact) mass is 251 g/mol. The predicted molar refractivity (Wildman–Crippen MR) is 66.3 cm³/mol. The van der Waals surface area contributed by atoms with Gasteiger partial charge in [-0.1, -0.05) is 4.49 Å². The normalized spacial score (nSPS) is 10.2. The largest absolute Gasteiger partial charge is 0.494 e. The molecule has 0 atom stereocenters. The van der Waals surface area contributed by atoms with Crippen LogP contribution in [0.2, 0.25) is 0 Å². The molecule has 6 heteroatoms. The highest BCUT2D eigenvalue weighted by Gasteiger charge is 2.04. The molecule has 0 aliphatic heterocycles. The summed E-state index contributed by atoms with van der Waals surface area (Å²) in [6.07, 6.45) is 0. The summed E-state index contributed by atoms with van der Waals surface area (Å²) in [6.45, 7) is 2.93. The maximum absolute atomic E-state index is 5.66. The molecule has 2 rings (SSSR count). The summed E-state index contributed by atoms with van der Waals surface area (Å²) in [5.41, 5.74) is 6.33. The minimum absolute atomic E-state index is 0.330. The molecule has 0 saturated heterocycles. The first-order chi connectivity index (χ1) is 8.29. The summed E-state index contributed by atoms with van der Waals surface area (Å²) in [7, 11) is 0. The van der Waals surface area contributed by atoms with Crippen LogP contribution < -0.4 is 15.2 Å². The summed E-state index contributed by atoms with van der Waals surface area (Å²) in [5, 5.41) is 4.47. The smallest absolute Gasteiger partial charge is 0.136 e. The molecule has 1 aromatic carbocycles. The molecule has 0 unspecified atom stereocenters. The summed E-state index contributed by atoms with van der Waals surface area (Å²) in [6, 6.07) is 7.42. The maximum atomic E-state index is 5.66. The van der Waals surface area contributed by atoms with Crippen LogP contribution in [-0.4, -0.2) is 16.2 Å². The van der Waals surface area contributed by atoms with Crippen LogP contribution in [0.1, 0.15) is 12.6 Å². The van der Waals surface area contributed by atoms with Crippen molar-refractivity contribution < 1.29 is 9.47 Å². The molecule has 0 aliphatic rings. The van der Waals surface area contributed by atoms with E-state index in [1.165, 1.54) is 11.5 Å². The molecule has 2 N–H and O–H groups in total. The summed E-state index contributed by atoms with van der Waals surface area (Å²) in [4.78, 5) is 0. The molecule has 0 aliphatic carbocycles.